The van der Waals surface area contributed by atoms with Gasteiger partial charge < -0.3 is 10.2 Å². The van der Waals surface area contributed by atoms with Gasteiger partial charge in [0.15, 0.2) is 0 Å². The van der Waals surface area contributed by atoms with Crippen LogP contribution >= 0.6 is 0 Å². The number of carboxylic acids is 1. The Hall–Kier alpha value is -1.97. The van der Waals surface area contributed by atoms with Gasteiger partial charge in [-0.1, -0.05) is 30.1 Å². The zero-order valence-corrected chi connectivity index (χ0v) is 8.89. The molecule has 0 amide bonds. The summed E-state index contributed by atoms with van der Waals surface area (Å²) in [5.74, 6) is 6.85. The van der Waals surface area contributed by atoms with Crippen LogP contribution in [0.15, 0.2) is 24.3 Å². The Morgan fingerprint density at radius 3 is 2.81 bits per heavy atom. The van der Waals surface area contributed by atoms with E-state index >= 15 is 0 Å². The SMILES string of the molecule is C#CC[C@@H](O)C=CC=CC#CCCC(=O)O. The molecule has 1 atom stereocenters. The lowest BCUT2D eigenvalue weighted by Gasteiger charge is -1.95. The van der Waals surface area contributed by atoms with E-state index in [4.69, 9.17) is 11.5 Å². The first-order chi connectivity index (χ1) is 7.66. The Balaban J connectivity index is 3.76. The van der Waals surface area contributed by atoms with E-state index in [-0.39, 0.29) is 12.8 Å². The molecule has 0 aromatic rings. The molecule has 0 aliphatic carbocycles. The number of carbonyl (C=O) groups is 1. The highest BCUT2D eigenvalue weighted by Gasteiger charge is 1.91. The Morgan fingerprint density at radius 2 is 2.19 bits per heavy atom. The minimum atomic E-state index is -0.851. The molecule has 3 nitrogen and oxygen atoms in total. The standard InChI is InChI=1S/C13H14O3/c1-2-9-12(14)10-7-5-3-4-6-8-11-13(15)16/h1,3,5,7,10,12,14H,8-9,11H2,(H,15,16)/t12-/m1/s1. The summed E-state index contributed by atoms with van der Waals surface area (Å²) in [4.78, 5) is 10.1. The van der Waals surface area contributed by atoms with Crippen molar-refractivity contribution >= 4 is 5.97 Å². The monoisotopic (exact) mass is 218 g/mol. The molecule has 0 fully saturated rings. The van der Waals surface area contributed by atoms with Gasteiger partial charge in [-0.3, -0.25) is 4.79 Å². The Bertz CT molecular complexity index is 361. The zero-order valence-electron chi connectivity index (χ0n) is 8.89. The third kappa shape index (κ3) is 10.1. The summed E-state index contributed by atoms with van der Waals surface area (Å²) in [5, 5.41) is 17.5. The summed E-state index contributed by atoms with van der Waals surface area (Å²) in [6.45, 7) is 0. The second-order valence-corrected chi connectivity index (χ2v) is 2.93. The molecule has 0 aliphatic rings. The van der Waals surface area contributed by atoms with Crippen molar-refractivity contribution in [1.82, 2.24) is 0 Å². The maximum Gasteiger partial charge on any atom is 0.304 e. The van der Waals surface area contributed by atoms with Crippen molar-refractivity contribution in [2.45, 2.75) is 25.4 Å². The van der Waals surface area contributed by atoms with Crippen molar-refractivity contribution in [1.29, 1.82) is 0 Å². The third-order valence-electron chi connectivity index (χ3n) is 1.52. The molecule has 3 heteroatoms. The van der Waals surface area contributed by atoms with Crippen molar-refractivity contribution < 1.29 is 15.0 Å². The van der Waals surface area contributed by atoms with E-state index in [2.05, 4.69) is 17.8 Å². The van der Waals surface area contributed by atoms with Gasteiger partial charge in [-0.15, -0.1) is 12.3 Å². The lowest BCUT2D eigenvalue weighted by atomic mass is 10.2. The largest absolute Gasteiger partial charge is 0.481 e. The highest BCUT2D eigenvalue weighted by atomic mass is 16.4. The maximum absolute atomic E-state index is 10.1. The van der Waals surface area contributed by atoms with Crippen LogP contribution in [0.1, 0.15) is 19.3 Å². The van der Waals surface area contributed by atoms with E-state index in [1.54, 1.807) is 24.3 Å². The number of aliphatic hydroxyl groups excluding tert-OH is 1. The Morgan fingerprint density at radius 1 is 1.44 bits per heavy atom. The van der Waals surface area contributed by atoms with Gasteiger partial charge in [0.2, 0.25) is 0 Å². The van der Waals surface area contributed by atoms with Crippen LogP contribution in [0.5, 0.6) is 0 Å². The molecule has 0 unspecified atom stereocenters. The molecule has 0 spiro atoms. The number of aliphatic hydroxyl groups is 1. The van der Waals surface area contributed by atoms with Gasteiger partial charge in [0.05, 0.1) is 12.5 Å². The van der Waals surface area contributed by atoms with Crippen molar-refractivity contribution in [3.63, 3.8) is 0 Å². The number of hydrogen-bond donors (Lipinski definition) is 2. The van der Waals surface area contributed by atoms with Crippen molar-refractivity contribution in [2.75, 3.05) is 0 Å². The molecule has 0 aliphatic heterocycles. The summed E-state index contributed by atoms with van der Waals surface area (Å²) < 4.78 is 0. The summed E-state index contributed by atoms with van der Waals surface area (Å²) in [7, 11) is 0. The average molecular weight is 218 g/mol. The molecule has 0 rings (SSSR count). The summed E-state index contributed by atoms with van der Waals surface area (Å²) >= 11 is 0. The first-order valence-corrected chi connectivity index (χ1v) is 4.82. The molecule has 0 radical (unpaired) electrons. The molecule has 2 N–H and O–H groups in total. The minimum absolute atomic E-state index is 0.0531. The van der Waals surface area contributed by atoms with E-state index in [1.165, 1.54) is 0 Å². The van der Waals surface area contributed by atoms with Crippen LogP contribution in [0.25, 0.3) is 0 Å². The van der Waals surface area contributed by atoms with Gasteiger partial charge in [-0.2, -0.15) is 0 Å². The molecular formula is C13H14O3. The lowest BCUT2D eigenvalue weighted by molar-refractivity contribution is -0.136. The summed E-state index contributed by atoms with van der Waals surface area (Å²) in [5.41, 5.74) is 0. The number of carboxylic acid groups (broad SMARTS) is 1. The van der Waals surface area contributed by atoms with Gasteiger partial charge >= 0.3 is 5.97 Å². The molecule has 0 saturated heterocycles. The van der Waals surface area contributed by atoms with Crippen molar-refractivity contribution in [3.8, 4) is 24.2 Å². The highest BCUT2D eigenvalue weighted by Crippen LogP contribution is 1.91. The molecule has 84 valence electrons. The van der Waals surface area contributed by atoms with Crippen LogP contribution in [0.2, 0.25) is 0 Å². The fourth-order valence-corrected chi connectivity index (χ4v) is 0.785. The highest BCUT2D eigenvalue weighted by molar-refractivity contribution is 5.67. The van der Waals surface area contributed by atoms with E-state index in [0.717, 1.165) is 0 Å². The van der Waals surface area contributed by atoms with Crippen LogP contribution < -0.4 is 0 Å². The molecule has 16 heavy (non-hydrogen) atoms. The van der Waals surface area contributed by atoms with E-state index in [9.17, 15) is 9.90 Å². The summed E-state index contributed by atoms with van der Waals surface area (Å²) in [6, 6.07) is 0. The van der Waals surface area contributed by atoms with Gasteiger partial charge in [0, 0.05) is 12.8 Å². The number of hydrogen-bond acceptors (Lipinski definition) is 2. The molecular weight excluding hydrogens is 204 g/mol. The summed E-state index contributed by atoms with van der Waals surface area (Å²) in [6.07, 6.45) is 11.5. The fraction of sp³-hybridized carbons (Fsp3) is 0.308. The molecule has 0 saturated carbocycles. The number of terminal acetylenes is 1. The lowest BCUT2D eigenvalue weighted by Crippen LogP contribution is -1.98. The van der Waals surface area contributed by atoms with E-state index in [1.807, 2.05) is 0 Å². The fourth-order valence-electron chi connectivity index (χ4n) is 0.785. The van der Waals surface area contributed by atoms with Gasteiger partial charge in [0.25, 0.3) is 0 Å². The Kier molecular flexibility index (Phi) is 8.40. The van der Waals surface area contributed by atoms with Crippen LogP contribution in [0, 0.1) is 24.2 Å². The minimum Gasteiger partial charge on any atom is -0.481 e. The second kappa shape index (κ2) is 9.58. The normalized spacial score (nSPS) is 12.0. The van der Waals surface area contributed by atoms with Gasteiger partial charge in [-0.25, -0.2) is 0 Å². The molecule has 0 heterocycles. The first-order valence-electron chi connectivity index (χ1n) is 4.82. The number of aliphatic carboxylic acids is 1. The predicted octanol–water partition coefficient (Wildman–Crippen LogP) is 1.35. The molecule has 0 aromatic carbocycles. The van der Waals surface area contributed by atoms with Crippen molar-refractivity contribution in [2.24, 2.45) is 0 Å². The van der Waals surface area contributed by atoms with E-state index in [0.29, 0.717) is 6.42 Å². The van der Waals surface area contributed by atoms with Crippen LogP contribution in [-0.2, 0) is 4.79 Å². The zero-order chi connectivity index (χ0) is 12.2. The predicted molar refractivity (Wildman–Crippen MR) is 62.4 cm³/mol. The number of rotatable bonds is 5. The van der Waals surface area contributed by atoms with Crippen LogP contribution in [0.4, 0.5) is 0 Å². The second-order valence-electron chi connectivity index (χ2n) is 2.93. The first kappa shape index (κ1) is 14.0. The maximum atomic E-state index is 10.1. The molecule has 0 bridgehead atoms. The third-order valence-corrected chi connectivity index (χ3v) is 1.52. The molecule has 0 aromatic heterocycles. The topological polar surface area (TPSA) is 57.5 Å². The smallest absolute Gasteiger partial charge is 0.304 e. The van der Waals surface area contributed by atoms with E-state index < -0.39 is 12.1 Å². The van der Waals surface area contributed by atoms with Gasteiger partial charge in [0.1, 0.15) is 0 Å². The Labute approximate surface area is 95.5 Å². The quantitative estimate of drug-likeness (QED) is 0.541. The average Bonchev–Trinajstić information content (AvgIpc) is 2.22. The van der Waals surface area contributed by atoms with Crippen molar-refractivity contribution in [3.05, 3.63) is 24.3 Å². The van der Waals surface area contributed by atoms with Crippen LogP contribution in [-0.4, -0.2) is 22.3 Å². The number of allylic oxidation sites excluding steroid dienone is 3. The van der Waals surface area contributed by atoms with Gasteiger partial charge in [-0.05, 0) is 6.08 Å². The van der Waals surface area contributed by atoms with Crippen LogP contribution in [0.3, 0.4) is 0 Å².